The molecular weight excluding hydrogens is 434 g/mol. The van der Waals surface area contributed by atoms with E-state index in [0.717, 1.165) is 5.56 Å². The molecule has 3 aromatic carbocycles. The number of rotatable bonds is 8. The van der Waals surface area contributed by atoms with Gasteiger partial charge in [0.1, 0.15) is 17.9 Å². The van der Waals surface area contributed by atoms with Gasteiger partial charge in [0.25, 0.3) is 5.91 Å². The van der Waals surface area contributed by atoms with E-state index in [9.17, 15) is 14.4 Å². The number of amides is 1. The van der Waals surface area contributed by atoms with Gasteiger partial charge in [-0.1, -0.05) is 48.0 Å². The largest absolute Gasteiger partial charge is 0.488 e. The van der Waals surface area contributed by atoms with E-state index in [4.69, 9.17) is 25.8 Å². The van der Waals surface area contributed by atoms with Crippen LogP contribution >= 0.6 is 11.6 Å². The van der Waals surface area contributed by atoms with E-state index in [1.807, 2.05) is 12.1 Å². The molecule has 1 N–H and O–H groups in total. The van der Waals surface area contributed by atoms with Crippen molar-refractivity contribution in [3.05, 3.63) is 94.5 Å². The number of carbonyl (C=O) groups excluding carboxylic acids is 3. The fourth-order valence-corrected chi connectivity index (χ4v) is 2.90. The molecule has 0 saturated heterocycles. The fourth-order valence-electron chi connectivity index (χ4n) is 2.78. The van der Waals surface area contributed by atoms with E-state index in [2.05, 4.69) is 5.32 Å². The SMILES string of the molecule is COC(=O)c1ccccc1NC(=O)COC(=O)c1ccccc1OCc1ccc(Cl)cc1. The molecule has 0 unspecified atom stereocenters. The number of ether oxygens (including phenoxy) is 3. The molecule has 0 aliphatic rings. The highest BCUT2D eigenvalue weighted by atomic mass is 35.5. The summed E-state index contributed by atoms with van der Waals surface area (Å²) in [6, 6.07) is 20.1. The van der Waals surface area contributed by atoms with Crippen molar-refractivity contribution in [2.75, 3.05) is 19.0 Å². The highest BCUT2D eigenvalue weighted by molar-refractivity contribution is 6.30. The molecule has 0 heterocycles. The molecule has 0 aliphatic carbocycles. The fraction of sp³-hybridized carbons (Fsp3) is 0.125. The lowest BCUT2D eigenvalue weighted by Crippen LogP contribution is -2.22. The summed E-state index contributed by atoms with van der Waals surface area (Å²) in [5.74, 6) is -1.59. The predicted molar refractivity (Wildman–Crippen MR) is 119 cm³/mol. The normalized spacial score (nSPS) is 10.2. The molecule has 3 aromatic rings. The van der Waals surface area contributed by atoms with Crippen LogP contribution in [-0.2, 0) is 20.9 Å². The average Bonchev–Trinajstić information content (AvgIpc) is 2.82. The Balaban J connectivity index is 1.60. The van der Waals surface area contributed by atoms with Crippen LogP contribution in [-0.4, -0.2) is 31.6 Å². The van der Waals surface area contributed by atoms with Gasteiger partial charge in [-0.2, -0.15) is 0 Å². The van der Waals surface area contributed by atoms with Gasteiger partial charge in [-0.05, 0) is 42.0 Å². The Bertz CT molecular complexity index is 1110. The van der Waals surface area contributed by atoms with Crippen molar-refractivity contribution in [3.8, 4) is 5.75 Å². The van der Waals surface area contributed by atoms with Gasteiger partial charge >= 0.3 is 11.9 Å². The highest BCUT2D eigenvalue weighted by Crippen LogP contribution is 2.21. The molecule has 32 heavy (non-hydrogen) atoms. The van der Waals surface area contributed by atoms with Crippen molar-refractivity contribution >= 4 is 35.1 Å². The monoisotopic (exact) mass is 453 g/mol. The Morgan fingerprint density at radius 3 is 2.22 bits per heavy atom. The standard InChI is InChI=1S/C24H20ClNO6/c1-30-23(28)18-6-2-4-8-20(18)26-22(27)15-32-24(29)19-7-3-5-9-21(19)31-14-16-10-12-17(25)13-11-16/h2-13H,14-15H2,1H3,(H,26,27). The van der Waals surface area contributed by atoms with Crippen molar-refractivity contribution in [3.63, 3.8) is 0 Å². The molecule has 0 saturated carbocycles. The molecule has 0 atom stereocenters. The second-order valence-electron chi connectivity index (χ2n) is 6.57. The van der Waals surface area contributed by atoms with Gasteiger partial charge in [0, 0.05) is 5.02 Å². The minimum absolute atomic E-state index is 0.184. The van der Waals surface area contributed by atoms with Crippen LogP contribution < -0.4 is 10.1 Å². The van der Waals surface area contributed by atoms with Gasteiger partial charge in [0.2, 0.25) is 0 Å². The van der Waals surface area contributed by atoms with E-state index in [-0.39, 0.29) is 23.4 Å². The van der Waals surface area contributed by atoms with Crippen LogP contribution in [0, 0.1) is 0 Å². The maximum Gasteiger partial charge on any atom is 0.342 e. The zero-order valence-corrected chi connectivity index (χ0v) is 17.9. The minimum atomic E-state index is -0.715. The summed E-state index contributed by atoms with van der Waals surface area (Å²) in [5, 5.41) is 3.16. The third-order valence-electron chi connectivity index (χ3n) is 4.36. The second-order valence-corrected chi connectivity index (χ2v) is 7.01. The third kappa shape index (κ3) is 6.09. The minimum Gasteiger partial charge on any atom is -0.488 e. The molecule has 1 amide bonds. The number of hydrogen-bond donors (Lipinski definition) is 1. The van der Waals surface area contributed by atoms with Crippen LogP contribution in [0.3, 0.4) is 0 Å². The second kappa shape index (κ2) is 11.0. The van der Waals surface area contributed by atoms with Crippen LogP contribution in [0.25, 0.3) is 0 Å². The number of halogens is 1. The van der Waals surface area contributed by atoms with Crippen molar-refractivity contribution in [1.29, 1.82) is 0 Å². The van der Waals surface area contributed by atoms with E-state index in [1.54, 1.807) is 54.6 Å². The molecule has 8 heteroatoms. The van der Waals surface area contributed by atoms with Gasteiger partial charge in [-0.3, -0.25) is 4.79 Å². The van der Waals surface area contributed by atoms with Gasteiger partial charge < -0.3 is 19.5 Å². The predicted octanol–water partition coefficient (Wildman–Crippen LogP) is 4.50. The van der Waals surface area contributed by atoms with Crippen LogP contribution in [0.1, 0.15) is 26.3 Å². The van der Waals surface area contributed by atoms with E-state index in [0.29, 0.717) is 10.8 Å². The van der Waals surface area contributed by atoms with Crippen molar-refractivity contribution in [2.24, 2.45) is 0 Å². The zero-order chi connectivity index (χ0) is 22.9. The van der Waals surface area contributed by atoms with Crippen LogP contribution in [0.5, 0.6) is 5.75 Å². The summed E-state index contributed by atoms with van der Waals surface area (Å²) in [6.45, 7) is -0.313. The summed E-state index contributed by atoms with van der Waals surface area (Å²) in [5.41, 5.74) is 1.51. The smallest absolute Gasteiger partial charge is 0.342 e. The Labute approximate surface area is 189 Å². The lowest BCUT2D eigenvalue weighted by atomic mass is 10.2. The van der Waals surface area contributed by atoms with Crippen molar-refractivity contribution in [2.45, 2.75) is 6.61 Å². The molecule has 0 fully saturated rings. The van der Waals surface area contributed by atoms with E-state index in [1.165, 1.54) is 13.2 Å². The first-order valence-corrected chi connectivity index (χ1v) is 9.96. The first kappa shape index (κ1) is 22.8. The molecule has 0 aromatic heterocycles. The number of benzene rings is 3. The van der Waals surface area contributed by atoms with Crippen molar-refractivity contribution < 1.29 is 28.6 Å². The molecule has 0 radical (unpaired) electrons. The van der Waals surface area contributed by atoms with Crippen LogP contribution in [0.2, 0.25) is 5.02 Å². The van der Waals surface area contributed by atoms with Crippen LogP contribution in [0.15, 0.2) is 72.8 Å². The Kier molecular flexibility index (Phi) is 7.83. The summed E-state index contributed by atoms with van der Waals surface area (Å²) in [4.78, 5) is 36.6. The molecule has 164 valence electrons. The van der Waals surface area contributed by atoms with Gasteiger partial charge in [0.05, 0.1) is 18.4 Å². The molecule has 0 aliphatic heterocycles. The summed E-state index contributed by atoms with van der Waals surface area (Å²) >= 11 is 5.88. The van der Waals surface area contributed by atoms with Gasteiger partial charge in [-0.25, -0.2) is 9.59 Å². The molecule has 0 spiro atoms. The number of esters is 2. The van der Waals surface area contributed by atoms with Gasteiger partial charge in [0.15, 0.2) is 6.61 Å². The van der Waals surface area contributed by atoms with E-state index >= 15 is 0 Å². The number of methoxy groups -OCH3 is 1. The number of carbonyl (C=O) groups is 3. The van der Waals surface area contributed by atoms with Crippen LogP contribution in [0.4, 0.5) is 5.69 Å². The maximum atomic E-state index is 12.5. The average molecular weight is 454 g/mol. The lowest BCUT2D eigenvalue weighted by molar-refractivity contribution is -0.119. The molecular formula is C24H20ClNO6. The van der Waals surface area contributed by atoms with Gasteiger partial charge in [-0.15, -0.1) is 0 Å². The number of nitrogens with one attached hydrogen (secondary N) is 1. The first-order valence-electron chi connectivity index (χ1n) is 9.58. The first-order chi connectivity index (χ1) is 15.5. The molecule has 0 bridgehead atoms. The number of anilines is 1. The van der Waals surface area contributed by atoms with E-state index < -0.39 is 24.5 Å². The topological polar surface area (TPSA) is 90.9 Å². The molecule has 7 nitrogen and oxygen atoms in total. The number of hydrogen-bond acceptors (Lipinski definition) is 6. The highest BCUT2D eigenvalue weighted by Gasteiger charge is 2.17. The lowest BCUT2D eigenvalue weighted by Gasteiger charge is -2.12. The zero-order valence-electron chi connectivity index (χ0n) is 17.2. The van der Waals surface area contributed by atoms with Crippen molar-refractivity contribution in [1.82, 2.24) is 0 Å². The summed E-state index contributed by atoms with van der Waals surface area (Å²) in [6.07, 6.45) is 0. The third-order valence-corrected chi connectivity index (χ3v) is 4.61. The quantitative estimate of drug-likeness (QED) is 0.505. The Morgan fingerprint density at radius 2 is 1.50 bits per heavy atom. The summed E-state index contributed by atoms with van der Waals surface area (Å²) < 4.78 is 15.6. The Morgan fingerprint density at radius 1 is 0.844 bits per heavy atom. The molecule has 3 rings (SSSR count). The Hall–Kier alpha value is -3.84. The maximum absolute atomic E-state index is 12.5. The summed E-state index contributed by atoms with van der Waals surface area (Å²) in [7, 11) is 1.25. The number of para-hydroxylation sites is 2.